The molecule has 0 spiro atoms. The van der Waals surface area contributed by atoms with E-state index < -0.39 is 11.7 Å². The van der Waals surface area contributed by atoms with E-state index in [1.54, 1.807) is 12.1 Å². The monoisotopic (exact) mass is 446 g/mol. The van der Waals surface area contributed by atoms with Crippen LogP contribution in [-0.4, -0.2) is 35.8 Å². The number of aliphatic hydroxyl groups excluding tert-OH is 1. The van der Waals surface area contributed by atoms with Crippen LogP contribution in [0.3, 0.4) is 0 Å². The van der Waals surface area contributed by atoms with Gasteiger partial charge in [0.15, 0.2) is 5.78 Å². The molecule has 0 aromatic heterocycles. The summed E-state index contributed by atoms with van der Waals surface area (Å²) in [5, 5.41) is 12.2. The molecule has 2 aliphatic heterocycles. The highest BCUT2D eigenvalue weighted by molar-refractivity contribution is 6.42. The number of Topliss-reactive ketones (excluding diaryl/α,β-unsaturated/α-hetero) is 1. The number of hydrogen-bond acceptors (Lipinski definition) is 4. The van der Waals surface area contributed by atoms with Gasteiger partial charge in [0.25, 0.3) is 0 Å². The van der Waals surface area contributed by atoms with Gasteiger partial charge in [-0.2, -0.15) is 0 Å². The fraction of sp³-hybridized carbons (Fsp3) is 0.375. The van der Waals surface area contributed by atoms with E-state index in [0.29, 0.717) is 35.1 Å². The minimum Gasteiger partial charge on any atom is -0.508 e. The number of aryl methyl sites for hydroxylation is 1. The molecule has 2 atom stereocenters. The maximum atomic E-state index is 13.2. The van der Waals surface area contributed by atoms with E-state index >= 15 is 0 Å². The SMILES string of the molecule is CCOC[C@]12CC[C@@H](O1)C(=O)C(c1cc(-c3ccc(Cl)c(Cl)c3)ccc1CC)=C2O. The largest absolute Gasteiger partial charge is 0.508 e. The molecule has 4 nitrogen and oxygen atoms in total. The summed E-state index contributed by atoms with van der Waals surface area (Å²) in [4.78, 5) is 13.2. The smallest absolute Gasteiger partial charge is 0.195 e. The van der Waals surface area contributed by atoms with Crippen LogP contribution in [0.5, 0.6) is 0 Å². The predicted molar refractivity (Wildman–Crippen MR) is 119 cm³/mol. The Bertz CT molecular complexity index is 1030. The molecule has 2 aromatic rings. The quantitative estimate of drug-likeness (QED) is 0.588. The number of carbonyl (C=O) groups is 1. The molecule has 2 bridgehead atoms. The highest BCUT2D eigenvalue weighted by atomic mass is 35.5. The second-order valence-electron chi connectivity index (χ2n) is 7.72. The lowest BCUT2D eigenvalue weighted by Gasteiger charge is -2.34. The van der Waals surface area contributed by atoms with E-state index in [0.717, 1.165) is 28.7 Å². The van der Waals surface area contributed by atoms with Crippen LogP contribution in [0.1, 0.15) is 37.8 Å². The van der Waals surface area contributed by atoms with Crippen molar-refractivity contribution in [1.29, 1.82) is 0 Å². The van der Waals surface area contributed by atoms with Gasteiger partial charge in [0, 0.05) is 6.61 Å². The highest BCUT2D eigenvalue weighted by Crippen LogP contribution is 2.46. The fourth-order valence-electron chi connectivity index (χ4n) is 4.29. The van der Waals surface area contributed by atoms with Crippen molar-refractivity contribution in [2.75, 3.05) is 13.2 Å². The average Bonchev–Trinajstić information content (AvgIpc) is 3.16. The Morgan fingerprint density at radius 2 is 1.87 bits per heavy atom. The number of halogens is 2. The Balaban J connectivity index is 1.86. The van der Waals surface area contributed by atoms with Crippen LogP contribution in [0.15, 0.2) is 42.2 Å². The van der Waals surface area contributed by atoms with Gasteiger partial charge < -0.3 is 14.6 Å². The van der Waals surface area contributed by atoms with Crippen molar-refractivity contribution in [3.8, 4) is 11.1 Å². The molecule has 2 heterocycles. The summed E-state index contributed by atoms with van der Waals surface area (Å²) < 4.78 is 11.6. The zero-order valence-corrected chi connectivity index (χ0v) is 18.5. The van der Waals surface area contributed by atoms with Crippen molar-refractivity contribution in [1.82, 2.24) is 0 Å². The van der Waals surface area contributed by atoms with Crippen molar-refractivity contribution in [3.05, 3.63) is 63.3 Å². The summed E-state index contributed by atoms with van der Waals surface area (Å²) in [6, 6.07) is 11.4. The van der Waals surface area contributed by atoms with Crippen LogP contribution < -0.4 is 0 Å². The minimum absolute atomic E-state index is 0.0179. The first-order valence-corrected chi connectivity index (χ1v) is 11.0. The fourth-order valence-corrected chi connectivity index (χ4v) is 4.59. The summed E-state index contributed by atoms with van der Waals surface area (Å²) >= 11 is 12.3. The maximum absolute atomic E-state index is 13.2. The Morgan fingerprint density at radius 3 is 2.57 bits per heavy atom. The van der Waals surface area contributed by atoms with Crippen LogP contribution in [0, 0.1) is 0 Å². The van der Waals surface area contributed by atoms with Crippen LogP contribution in [0.4, 0.5) is 0 Å². The van der Waals surface area contributed by atoms with Crippen molar-refractivity contribution >= 4 is 34.6 Å². The molecule has 30 heavy (non-hydrogen) atoms. The third-order valence-electron chi connectivity index (χ3n) is 5.94. The lowest BCUT2D eigenvalue weighted by molar-refractivity contribution is -0.138. The molecule has 158 valence electrons. The molecule has 1 fully saturated rings. The molecule has 0 unspecified atom stereocenters. The number of aliphatic hydroxyl groups is 1. The second-order valence-corrected chi connectivity index (χ2v) is 8.53. The molecule has 0 amide bonds. The zero-order valence-electron chi connectivity index (χ0n) is 17.0. The number of fused-ring (bicyclic) bond motifs is 2. The van der Waals surface area contributed by atoms with Gasteiger partial charge in [0.1, 0.15) is 17.5 Å². The first-order chi connectivity index (χ1) is 14.4. The number of ketones is 1. The van der Waals surface area contributed by atoms with E-state index in [1.165, 1.54) is 0 Å². The van der Waals surface area contributed by atoms with Crippen LogP contribution in [-0.2, 0) is 20.7 Å². The lowest BCUT2D eigenvalue weighted by Crippen LogP contribution is -2.43. The number of hydrogen-bond donors (Lipinski definition) is 1. The minimum atomic E-state index is -0.950. The first kappa shape index (κ1) is 21.4. The number of ether oxygens (including phenoxy) is 2. The van der Waals surface area contributed by atoms with Gasteiger partial charge in [0.05, 0.1) is 22.2 Å². The Labute approximate surface area is 186 Å². The summed E-state index contributed by atoms with van der Waals surface area (Å²) in [5.74, 6) is -0.186. The van der Waals surface area contributed by atoms with Gasteiger partial charge in [-0.25, -0.2) is 0 Å². The summed E-state index contributed by atoms with van der Waals surface area (Å²) in [7, 11) is 0. The Hall–Kier alpha value is -1.85. The number of rotatable bonds is 6. The van der Waals surface area contributed by atoms with Crippen LogP contribution in [0.2, 0.25) is 10.0 Å². The molecule has 1 N–H and O–H groups in total. The molecular formula is C24H24Cl2O4. The van der Waals surface area contributed by atoms with E-state index in [9.17, 15) is 9.90 Å². The van der Waals surface area contributed by atoms with Crippen LogP contribution in [0.25, 0.3) is 16.7 Å². The zero-order chi connectivity index (χ0) is 21.5. The normalized spacial score (nSPS) is 23.3. The van der Waals surface area contributed by atoms with Gasteiger partial charge in [-0.3, -0.25) is 4.79 Å². The second kappa shape index (κ2) is 8.35. The molecule has 1 saturated heterocycles. The number of carbonyl (C=O) groups excluding carboxylic acids is 1. The van der Waals surface area contributed by atoms with Gasteiger partial charge in [0.2, 0.25) is 0 Å². The van der Waals surface area contributed by atoms with Crippen molar-refractivity contribution < 1.29 is 19.4 Å². The van der Waals surface area contributed by atoms with E-state index in [-0.39, 0.29) is 18.1 Å². The van der Waals surface area contributed by atoms with E-state index in [2.05, 4.69) is 0 Å². The molecule has 6 heteroatoms. The highest BCUT2D eigenvalue weighted by Gasteiger charge is 2.53. The topological polar surface area (TPSA) is 55.8 Å². The van der Waals surface area contributed by atoms with Gasteiger partial charge in [-0.1, -0.05) is 48.3 Å². The van der Waals surface area contributed by atoms with Crippen molar-refractivity contribution in [2.45, 2.75) is 44.8 Å². The number of benzene rings is 2. The van der Waals surface area contributed by atoms with E-state index in [1.807, 2.05) is 38.1 Å². The summed E-state index contributed by atoms with van der Waals surface area (Å²) in [5.41, 5.74) is 2.91. The van der Waals surface area contributed by atoms with Crippen molar-refractivity contribution in [2.24, 2.45) is 0 Å². The first-order valence-electron chi connectivity index (χ1n) is 10.2. The molecule has 0 saturated carbocycles. The average molecular weight is 447 g/mol. The predicted octanol–water partition coefficient (Wildman–Crippen LogP) is 6.03. The van der Waals surface area contributed by atoms with Gasteiger partial charge in [-0.05, 0) is 66.6 Å². The van der Waals surface area contributed by atoms with Gasteiger partial charge in [-0.15, -0.1) is 0 Å². The Morgan fingerprint density at radius 1 is 1.13 bits per heavy atom. The third-order valence-corrected chi connectivity index (χ3v) is 6.68. The third kappa shape index (κ3) is 3.56. The van der Waals surface area contributed by atoms with Gasteiger partial charge >= 0.3 is 0 Å². The molecule has 4 rings (SSSR count). The molecule has 0 aliphatic carbocycles. The molecule has 0 radical (unpaired) electrons. The molecule has 2 aliphatic rings. The van der Waals surface area contributed by atoms with Crippen molar-refractivity contribution in [3.63, 3.8) is 0 Å². The molecule has 2 aromatic carbocycles. The standard InChI is InChI=1S/C24H24Cl2O4/c1-3-14-5-6-15(16-7-8-18(25)19(26)12-16)11-17(14)21-22(27)20-9-10-24(30-20,23(21)28)13-29-4-2/h5-8,11-12,20,28H,3-4,9-10,13H2,1-2H3/t20-,24+/m1/s1. The van der Waals surface area contributed by atoms with E-state index in [4.69, 9.17) is 32.7 Å². The maximum Gasteiger partial charge on any atom is 0.195 e. The lowest BCUT2D eigenvalue weighted by atomic mass is 9.86. The van der Waals surface area contributed by atoms with Crippen LogP contribution >= 0.6 is 23.2 Å². The summed E-state index contributed by atoms with van der Waals surface area (Å²) in [6.45, 7) is 4.67. The summed E-state index contributed by atoms with van der Waals surface area (Å²) in [6.07, 6.45) is 1.32. The molecular weight excluding hydrogens is 423 g/mol. The Kier molecular flexibility index (Phi) is 5.95.